The highest BCUT2D eigenvalue weighted by Gasteiger charge is 2.32. The van der Waals surface area contributed by atoms with Crippen LogP contribution in [0, 0.1) is 0 Å². The van der Waals surface area contributed by atoms with Crippen molar-refractivity contribution in [3.63, 3.8) is 0 Å². The SMILES string of the molecule is O=C(N[C@H]1Cc2ccccc2[C@H]1O)c1ccc(-c2ccn[nH]2)s1. The Balaban J connectivity index is 1.49. The van der Waals surface area contributed by atoms with Crippen molar-refractivity contribution in [1.29, 1.82) is 0 Å². The van der Waals surface area contributed by atoms with Crippen molar-refractivity contribution in [3.8, 4) is 10.6 Å². The predicted molar refractivity (Wildman–Crippen MR) is 88.3 cm³/mol. The Morgan fingerprint density at radius 2 is 2.13 bits per heavy atom. The second-order valence-corrected chi connectivity index (χ2v) is 6.65. The summed E-state index contributed by atoms with van der Waals surface area (Å²) in [5.41, 5.74) is 2.89. The van der Waals surface area contributed by atoms with E-state index in [1.807, 2.05) is 36.4 Å². The summed E-state index contributed by atoms with van der Waals surface area (Å²) in [7, 11) is 0. The van der Waals surface area contributed by atoms with Gasteiger partial charge in [0.25, 0.3) is 5.91 Å². The topological polar surface area (TPSA) is 78.0 Å². The van der Waals surface area contributed by atoms with Crippen LogP contribution in [0.4, 0.5) is 0 Å². The highest BCUT2D eigenvalue weighted by molar-refractivity contribution is 7.17. The fourth-order valence-corrected chi connectivity index (χ4v) is 3.83. The molecule has 116 valence electrons. The predicted octanol–water partition coefficient (Wildman–Crippen LogP) is 2.53. The fourth-order valence-electron chi connectivity index (χ4n) is 2.94. The molecule has 3 N–H and O–H groups in total. The molecule has 23 heavy (non-hydrogen) atoms. The molecule has 2 atom stereocenters. The molecule has 0 saturated carbocycles. The van der Waals surface area contributed by atoms with Crippen LogP contribution in [-0.4, -0.2) is 27.3 Å². The first-order chi connectivity index (χ1) is 11.2. The largest absolute Gasteiger partial charge is 0.386 e. The van der Waals surface area contributed by atoms with Crippen molar-refractivity contribution in [2.24, 2.45) is 0 Å². The summed E-state index contributed by atoms with van der Waals surface area (Å²) in [6.07, 6.45) is 1.69. The molecular formula is C17H15N3O2S. The highest BCUT2D eigenvalue weighted by Crippen LogP contribution is 2.32. The molecule has 6 heteroatoms. The molecule has 0 aliphatic heterocycles. The molecule has 0 bridgehead atoms. The molecule has 1 aliphatic carbocycles. The number of carbonyl (C=O) groups is 1. The minimum atomic E-state index is -0.651. The van der Waals surface area contributed by atoms with Crippen LogP contribution in [0.25, 0.3) is 10.6 Å². The Morgan fingerprint density at radius 3 is 2.91 bits per heavy atom. The Hall–Kier alpha value is -2.44. The Bertz CT molecular complexity index is 841. The molecule has 2 heterocycles. The smallest absolute Gasteiger partial charge is 0.261 e. The minimum Gasteiger partial charge on any atom is -0.386 e. The maximum Gasteiger partial charge on any atom is 0.261 e. The molecule has 0 spiro atoms. The van der Waals surface area contributed by atoms with Gasteiger partial charge in [-0.3, -0.25) is 9.89 Å². The number of hydrogen-bond donors (Lipinski definition) is 3. The molecule has 1 aliphatic rings. The zero-order valence-corrected chi connectivity index (χ0v) is 13.0. The third-order valence-corrected chi connectivity index (χ3v) is 5.22. The average Bonchev–Trinajstić information content (AvgIpc) is 3.28. The van der Waals surface area contributed by atoms with Gasteiger partial charge in [0.15, 0.2) is 0 Å². The summed E-state index contributed by atoms with van der Waals surface area (Å²) < 4.78 is 0. The van der Waals surface area contributed by atoms with Gasteiger partial charge in [-0.25, -0.2) is 0 Å². The van der Waals surface area contributed by atoms with Crippen LogP contribution in [0.15, 0.2) is 48.7 Å². The van der Waals surface area contributed by atoms with E-state index in [0.29, 0.717) is 11.3 Å². The molecule has 0 radical (unpaired) electrons. The zero-order valence-electron chi connectivity index (χ0n) is 12.2. The molecule has 1 amide bonds. The monoisotopic (exact) mass is 325 g/mol. The quantitative estimate of drug-likeness (QED) is 0.692. The zero-order chi connectivity index (χ0) is 15.8. The summed E-state index contributed by atoms with van der Waals surface area (Å²) in [6, 6.07) is 13.0. The van der Waals surface area contributed by atoms with Crippen LogP contribution >= 0.6 is 11.3 Å². The number of aliphatic hydroxyl groups is 1. The van der Waals surface area contributed by atoms with Gasteiger partial charge < -0.3 is 10.4 Å². The number of fused-ring (bicyclic) bond motifs is 1. The Kier molecular flexibility index (Phi) is 3.48. The van der Waals surface area contributed by atoms with Crippen LogP contribution < -0.4 is 5.32 Å². The first-order valence-electron chi connectivity index (χ1n) is 7.38. The van der Waals surface area contributed by atoms with Gasteiger partial charge in [-0.1, -0.05) is 24.3 Å². The lowest BCUT2D eigenvalue weighted by Gasteiger charge is -2.16. The van der Waals surface area contributed by atoms with Crippen molar-refractivity contribution in [2.75, 3.05) is 0 Å². The first kappa shape index (κ1) is 14.2. The summed E-state index contributed by atoms with van der Waals surface area (Å²) in [6.45, 7) is 0. The van der Waals surface area contributed by atoms with Gasteiger partial charge >= 0.3 is 0 Å². The summed E-state index contributed by atoms with van der Waals surface area (Å²) in [4.78, 5) is 14.0. The molecule has 3 aromatic rings. The number of amides is 1. The Morgan fingerprint density at radius 1 is 1.26 bits per heavy atom. The van der Waals surface area contributed by atoms with E-state index in [2.05, 4.69) is 15.5 Å². The third kappa shape index (κ3) is 2.56. The van der Waals surface area contributed by atoms with Crippen LogP contribution in [-0.2, 0) is 6.42 Å². The lowest BCUT2D eigenvalue weighted by Crippen LogP contribution is -2.37. The number of carbonyl (C=O) groups excluding carboxylic acids is 1. The number of aromatic nitrogens is 2. The summed E-state index contributed by atoms with van der Waals surface area (Å²) in [5.74, 6) is -0.155. The Labute approximate surface area is 137 Å². The molecule has 0 fully saturated rings. The van der Waals surface area contributed by atoms with E-state index in [-0.39, 0.29) is 11.9 Å². The van der Waals surface area contributed by atoms with Crippen LogP contribution in [0.5, 0.6) is 0 Å². The maximum absolute atomic E-state index is 12.4. The molecule has 5 nitrogen and oxygen atoms in total. The normalized spacial score (nSPS) is 19.5. The van der Waals surface area contributed by atoms with Crippen LogP contribution in [0.2, 0.25) is 0 Å². The molecule has 4 rings (SSSR count). The maximum atomic E-state index is 12.4. The van der Waals surface area contributed by atoms with Gasteiger partial charge in [0.2, 0.25) is 0 Å². The van der Waals surface area contributed by atoms with E-state index in [1.54, 1.807) is 12.3 Å². The molecule has 0 unspecified atom stereocenters. The minimum absolute atomic E-state index is 0.155. The number of nitrogens with one attached hydrogen (secondary N) is 2. The number of aromatic amines is 1. The summed E-state index contributed by atoms with van der Waals surface area (Å²) >= 11 is 1.40. The highest BCUT2D eigenvalue weighted by atomic mass is 32.1. The van der Waals surface area contributed by atoms with E-state index >= 15 is 0 Å². The van der Waals surface area contributed by atoms with Gasteiger partial charge in [-0.05, 0) is 35.7 Å². The summed E-state index contributed by atoms with van der Waals surface area (Å²) in [5, 5.41) is 20.1. The third-order valence-electron chi connectivity index (χ3n) is 4.11. The number of thiophene rings is 1. The lowest BCUT2D eigenvalue weighted by molar-refractivity contribution is 0.0862. The number of H-pyrrole nitrogens is 1. The van der Waals surface area contributed by atoms with Gasteiger partial charge in [-0.15, -0.1) is 11.3 Å². The van der Waals surface area contributed by atoms with Crippen LogP contribution in [0.1, 0.15) is 26.9 Å². The second-order valence-electron chi connectivity index (χ2n) is 5.56. The number of nitrogens with zero attached hydrogens (tertiary/aromatic N) is 1. The van der Waals surface area contributed by atoms with E-state index in [0.717, 1.165) is 21.7 Å². The molecule has 2 aromatic heterocycles. The van der Waals surface area contributed by atoms with Crippen molar-refractivity contribution in [1.82, 2.24) is 15.5 Å². The fraction of sp³-hybridized carbons (Fsp3) is 0.176. The van der Waals surface area contributed by atoms with Gasteiger partial charge in [0, 0.05) is 6.20 Å². The lowest BCUT2D eigenvalue weighted by atomic mass is 10.1. The number of rotatable bonds is 3. The van der Waals surface area contributed by atoms with Crippen LogP contribution in [0.3, 0.4) is 0 Å². The molecular weight excluding hydrogens is 310 g/mol. The van der Waals surface area contributed by atoms with E-state index in [1.165, 1.54) is 11.3 Å². The average molecular weight is 325 g/mol. The van der Waals surface area contributed by atoms with Gasteiger partial charge in [0.1, 0.15) is 0 Å². The standard InChI is InChI=1S/C17H15N3O2S/c21-16-11-4-2-1-3-10(11)9-13(16)19-17(22)15-6-5-14(23-15)12-7-8-18-20-12/h1-8,13,16,21H,9H2,(H,18,20)(H,19,22)/t13-,16+/m0/s1. The van der Waals surface area contributed by atoms with Crippen molar-refractivity contribution in [3.05, 3.63) is 64.7 Å². The van der Waals surface area contributed by atoms with Crippen molar-refractivity contribution >= 4 is 17.2 Å². The van der Waals surface area contributed by atoms with E-state index in [4.69, 9.17) is 0 Å². The number of benzene rings is 1. The number of aliphatic hydroxyl groups excluding tert-OH is 1. The molecule has 1 aromatic carbocycles. The second kappa shape index (κ2) is 5.64. The first-order valence-corrected chi connectivity index (χ1v) is 8.20. The van der Waals surface area contributed by atoms with Crippen molar-refractivity contribution in [2.45, 2.75) is 18.6 Å². The number of hydrogen-bond acceptors (Lipinski definition) is 4. The van der Waals surface area contributed by atoms with Gasteiger partial charge in [0.05, 0.1) is 27.6 Å². The van der Waals surface area contributed by atoms with Crippen molar-refractivity contribution < 1.29 is 9.90 Å². The molecule has 0 saturated heterocycles. The van der Waals surface area contributed by atoms with Gasteiger partial charge in [-0.2, -0.15) is 5.10 Å². The van der Waals surface area contributed by atoms with E-state index in [9.17, 15) is 9.90 Å². The van der Waals surface area contributed by atoms with E-state index < -0.39 is 6.10 Å².